The summed E-state index contributed by atoms with van der Waals surface area (Å²) in [7, 11) is -1.45. The van der Waals surface area contributed by atoms with E-state index in [1.54, 1.807) is 7.05 Å². The van der Waals surface area contributed by atoms with Gasteiger partial charge in [0.05, 0.1) is 11.5 Å². The molecule has 0 aromatic carbocycles. The highest BCUT2D eigenvalue weighted by atomic mass is 35.5. The Labute approximate surface area is 121 Å². The van der Waals surface area contributed by atoms with Crippen LogP contribution in [0.2, 0.25) is 10.3 Å². The second-order valence-electron chi connectivity index (χ2n) is 4.47. The first-order valence-electron chi connectivity index (χ1n) is 5.59. The van der Waals surface area contributed by atoms with Gasteiger partial charge in [-0.15, -0.1) is 0 Å². The van der Waals surface area contributed by atoms with Crippen LogP contribution in [0.4, 0.5) is 0 Å². The van der Waals surface area contributed by atoms with Gasteiger partial charge in [-0.25, -0.2) is 13.4 Å². The number of carbonyl (C=O) groups excluding carboxylic acids is 1. The van der Waals surface area contributed by atoms with Crippen molar-refractivity contribution in [3.8, 4) is 0 Å². The highest BCUT2D eigenvalue weighted by molar-refractivity contribution is 7.91. The van der Waals surface area contributed by atoms with Crippen LogP contribution >= 0.6 is 23.2 Å². The minimum absolute atomic E-state index is 0.00177. The summed E-state index contributed by atoms with van der Waals surface area (Å²) in [5, 5.41) is 0.256. The van der Waals surface area contributed by atoms with E-state index in [-0.39, 0.29) is 33.8 Å². The van der Waals surface area contributed by atoms with Crippen LogP contribution in [0.5, 0.6) is 0 Å². The molecule has 0 N–H and O–H groups in total. The van der Waals surface area contributed by atoms with E-state index < -0.39 is 9.84 Å². The Morgan fingerprint density at radius 3 is 2.42 bits per heavy atom. The van der Waals surface area contributed by atoms with Crippen LogP contribution in [0.25, 0.3) is 0 Å². The number of sulfone groups is 1. The Morgan fingerprint density at radius 2 is 1.95 bits per heavy atom. The van der Waals surface area contributed by atoms with E-state index in [1.807, 2.05) is 0 Å². The molecule has 0 spiro atoms. The summed E-state index contributed by atoms with van der Waals surface area (Å²) in [5.41, 5.74) is 0.303. The van der Waals surface area contributed by atoms with Crippen molar-refractivity contribution in [1.29, 1.82) is 0 Å². The summed E-state index contributed by atoms with van der Waals surface area (Å²) in [6.07, 6.45) is 0.455. The predicted molar refractivity (Wildman–Crippen MR) is 73.4 cm³/mol. The summed E-state index contributed by atoms with van der Waals surface area (Å²) in [6, 6.07) is 2.52. The third kappa shape index (κ3) is 3.38. The minimum Gasteiger partial charge on any atom is -0.338 e. The first kappa shape index (κ1) is 14.6. The number of hydrogen-bond donors (Lipinski definition) is 0. The molecule has 0 aliphatic carbocycles. The van der Waals surface area contributed by atoms with Crippen molar-refractivity contribution in [3.05, 3.63) is 28.0 Å². The van der Waals surface area contributed by atoms with Crippen molar-refractivity contribution >= 4 is 38.9 Å². The van der Waals surface area contributed by atoms with Gasteiger partial charge in [0.1, 0.15) is 10.3 Å². The van der Waals surface area contributed by atoms with E-state index in [0.29, 0.717) is 12.0 Å². The molecule has 0 radical (unpaired) electrons. The lowest BCUT2D eigenvalue weighted by Crippen LogP contribution is -2.37. The number of halogens is 2. The van der Waals surface area contributed by atoms with Gasteiger partial charge in [-0.3, -0.25) is 4.79 Å². The third-order valence-corrected chi connectivity index (χ3v) is 5.22. The van der Waals surface area contributed by atoms with Crippen LogP contribution in [-0.2, 0) is 9.84 Å². The van der Waals surface area contributed by atoms with Crippen molar-refractivity contribution < 1.29 is 13.2 Å². The summed E-state index contributed by atoms with van der Waals surface area (Å²) < 4.78 is 22.8. The van der Waals surface area contributed by atoms with Crippen LogP contribution in [0.15, 0.2) is 12.1 Å². The number of hydrogen-bond acceptors (Lipinski definition) is 4. The van der Waals surface area contributed by atoms with E-state index in [0.717, 1.165) is 0 Å². The molecule has 1 aromatic rings. The molecule has 0 bridgehead atoms. The second kappa shape index (κ2) is 5.26. The zero-order valence-corrected chi connectivity index (χ0v) is 12.5. The van der Waals surface area contributed by atoms with Gasteiger partial charge in [-0.2, -0.15) is 0 Å². The molecule has 1 saturated heterocycles. The molecule has 1 amide bonds. The Kier molecular flexibility index (Phi) is 4.03. The number of carbonyl (C=O) groups is 1. The van der Waals surface area contributed by atoms with Gasteiger partial charge in [0.2, 0.25) is 0 Å². The van der Waals surface area contributed by atoms with E-state index >= 15 is 0 Å². The van der Waals surface area contributed by atoms with Gasteiger partial charge in [0, 0.05) is 18.7 Å². The topological polar surface area (TPSA) is 67.3 Å². The lowest BCUT2D eigenvalue weighted by atomic mass is 10.2. The monoisotopic (exact) mass is 322 g/mol. The molecule has 0 saturated carbocycles. The normalized spacial score (nSPS) is 21.3. The van der Waals surface area contributed by atoms with Gasteiger partial charge in [-0.1, -0.05) is 23.2 Å². The van der Waals surface area contributed by atoms with Crippen LogP contribution in [-0.4, -0.2) is 48.8 Å². The number of aromatic nitrogens is 1. The lowest BCUT2D eigenvalue weighted by molar-refractivity contribution is 0.0747. The maximum absolute atomic E-state index is 12.2. The van der Waals surface area contributed by atoms with Crippen molar-refractivity contribution in [2.24, 2.45) is 0 Å². The maximum Gasteiger partial charge on any atom is 0.254 e. The zero-order valence-electron chi connectivity index (χ0n) is 10.1. The second-order valence-corrected chi connectivity index (χ2v) is 7.48. The first-order chi connectivity index (χ1) is 8.78. The molecule has 8 heteroatoms. The highest BCUT2D eigenvalue weighted by Gasteiger charge is 2.33. The molecular weight excluding hydrogens is 311 g/mol. The standard InChI is InChI=1S/C11H12Cl2N2O3S/c1-15(8-2-3-19(17,18)6-8)11(16)7-4-9(12)14-10(13)5-7/h4-5,8H,2-3,6H2,1H3. The van der Waals surface area contributed by atoms with Gasteiger partial charge in [0.15, 0.2) is 9.84 Å². The van der Waals surface area contributed by atoms with Crippen LogP contribution in [0, 0.1) is 0 Å². The number of rotatable bonds is 2. The van der Waals surface area contributed by atoms with Crippen molar-refractivity contribution in [3.63, 3.8) is 0 Å². The molecule has 5 nitrogen and oxygen atoms in total. The summed E-state index contributed by atoms with van der Waals surface area (Å²) in [6.45, 7) is 0. The quantitative estimate of drug-likeness (QED) is 0.776. The fourth-order valence-corrected chi connectivity index (χ4v) is 4.27. The Hall–Kier alpha value is -0.850. The van der Waals surface area contributed by atoms with Crippen molar-refractivity contribution in [1.82, 2.24) is 9.88 Å². The van der Waals surface area contributed by atoms with Crippen LogP contribution < -0.4 is 0 Å². The zero-order chi connectivity index (χ0) is 14.2. The molecule has 1 atom stereocenters. The van der Waals surface area contributed by atoms with Gasteiger partial charge >= 0.3 is 0 Å². The molecule has 104 valence electrons. The summed E-state index contributed by atoms with van der Waals surface area (Å²) in [4.78, 5) is 17.4. The molecule has 19 heavy (non-hydrogen) atoms. The molecule has 2 heterocycles. The minimum atomic E-state index is -3.03. The van der Waals surface area contributed by atoms with E-state index in [9.17, 15) is 13.2 Å². The molecule has 1 fully saturated rings. The largest absolute Gasteiger partial charge is 0.338 e. The van der Waals surface area contributed by atoms with E-state index in [2.05, 4.69) is 4.98 Å². The predicted octanol–water partition coefficient (Wildman–Crippen LogP) is 1.65. The smallest absolute Gasteiger partial charge is 0.254 e. The average molecular weight is 323 g/mol. The Balaban J connectivity index is 2.20. The van der Waals surface area contributed by atoms with E-state index in [1.165, 1.54) is 17.0 Å². The van der Waals surface area contributed by atoms with Crippen LogP contribution in [0.3, 0.4) is 0 Å². The molecule has 1 aliphatic rings. The Morgan fingerprint density at radius 1 is 1.37 bits per heavy atom. The van der Waals surface area contributed by atoms with E-state index in [4.69, 9.17) is 23.2 Å². The molecule has 2 rings (SSSR count). The third-order valence-electron chi connectivity index (χ3n) is 3.09. The first-order valence-corrected chi connectivity index (χ1v) is 8.17. The number of amides is 1. The maximum atomic E-state index is 12.2. The van der Waals surface area contributed by atoms with Crippen LogP contribution in [0.1, 0.15) is 16.8 Å². The van der Waals surface area contributed by atoms with Crippen molar-refractivity contribution in [2.75, 3.05) is 18.6 Å². The van der Waals surface area contributed by atoms with Gasteiger partial charge in [-0.05, 0) is 18.6 Å². The Bertz CT molecular complexity index is 598. The SMILES string of the molecule is CN(C(=O)c1cc(Cl)nc(Cl)c1)C1CCS(=O)(=O)C1. The molecular formula is C11H12Cl2N2O3S. The molecule has 1 aromatic heterocycles. The van der Waals surface area contributed by atoms with Gasteiger partial charge in [0.25, 0.3) is 5.91 Å². The fraction of sp³-hybridized carbons (Fsp3) is 0.455. The fourth-order valence-electron chi connectivity index (χ4n) is 2.04. The van der Waals surface area contributed by atoms with Gasteiger partial charge < -0.3 is 4.90 Å². The molecule has 1 aliphatic heterocycles. The summed E-state index contributed by atoms with van der Waals surface area (Å²) in [5.74, 6) is -0.192. The average Bonchev–Trinajstić information content (AvgIpc) is 2.66. The van der Waals surface area contributed by atoms with Crippen molar-refractivity contribution in [2.45, 2.75) is 12.5 Å². The lowest BCUT2D eigenvalue weighted by Gasteiger charge is -2.23. The molecule has 1 unspecified atom stereocenters. The summed E-state index contributed by atoms with van der Waals surface area (Å²) >= 11 is 11.5. The number of nitrogens with zero attached hydrogens (tertiary/aromatic N) is 2. The highest BCUT2D eigenvalue weighted by Crippen LogP contribution is 2.21. The number of pyridine rings is 1.